The van der Waals surface area contributed by atoms with Crippen LogP contribution in [0.15, 0.2) is 24.5 Å². The number of rotatable bonds is 5. The van der Waals surface area contributed by atoms with Gasteiger partial charge in [0.1, 0.15) is 0 Å². The number of aryl methyl sites for hydroxylation is 1. The minimum atomic E-state index is 0.00903. The van der Waals surface area contributed by atoms with Crippen LogP contribution < -0.4 is 11.1 Å². The molecule has 0 saturated carbocycles. The molecule has 3 N–H and O–H groups in total. The molecule has 0 aliphatic heterocycles. The van der Waals surface area contributed by atoms with E-state index in [1.54, 1.807) is 0 Å². The van der Waals surface area contributed by atoms with E-state index in [-0.39, 0.29) is 5.54 Å². The molecule has 0 fully saturated rings. The lowest BCUT2D eigenvalue weighted by Crippen LogP contribution is -2.46. The average molecular weight is 246 g/mol. The van der Waals surface area contributed by atoms with Crippen LogP contribution >= 0.6 is 0 Å². The van der Waals surface area contributed by atoms with Crippen LogP contribution in [0.25, 0.3) is 11.0 Å². The zero-order valence-electron chi connectivity index (χ0n) is 11.4. The Morgan fingerprint density at radius 1 is 1.39 bits per heavy atom. The quantitative estimate of drug-likeness (QED) is 0.839. The Kier molecular flexibility index (Phi) is 3.68. The van der Waals surface area contributed by atoms with Crippen molar-refractivity contribution in [2.24, 2.45) is 12.8 Å². The van der Waals surface area contributed by atoms with Crippen molar-refractivity contribution < 1.29 is 0 Å². The minimum absolute atomic E-state index is 0.00903. The minimum Gasteiger partial charge on any atom is -0.334 e. The van der Waals surface area contributed by atoms with Crippen LogP contribution in [0.5, 0.6) is 0 Å². The fourth-order valence-corrected chi connectivity index (χ4v) is 1.95. The summed E-state index contributed by atoms with van der Waals surface area (Å²) in [4.78, 5) is 4.37. The van der Waals surface area contributed by atoms with E-state index < -0.39 is 0 Å². The monoisotopic (exact) mass is 246 g/mol. The van der Waals surface area contributed by atoms with E-state index in [4.69, 9.17) is 5.73 Å². The summed E-state index contributed by atoms with van der Waals surface area (Å²) in [6.07, 6.45) is 2.85. The average Bonchev–Trinajstić information content (AvgIpc) is 2.71. The molecular weight excluding hydrogens is 224 g/mol. The van der Waals surface area contributed by atoms with Gasteiger partial charge in [0, 0.05) is 19.1 Å². The largest absolute Gasteiger partial charge is 0.334 e. The summed E-state index contributed by atoms with van der Waals surface area (Å²) in [5.74, 6) is 0. The summed E-state index contributed by atoms with van der Waals surface area (Å²) in [5, 5.41) is 3.46. The van der Waals surface area contributed by atoms with Crippen LogP contribution in [-0.4, -0.2) is 28.2 Å². The van der Waals surface area contributed by atoms with Crippen molar-refractivity contribution in [1.82, 2.24) is 14.9 Å². The van der Waals surface area contributed by atoms with Crippen molar-refractivity contribution >= 4 is 11.0 Å². The fraction of sp³-hybridized carbons (Fsp3) is 0.500. The van der Waals surface area contributed by atoms with Gasteiger partial charge < -0.3 is 15.6 Å². The van der Waals surface area contributed by atoms with Gasteiger partial charge in [0.25, 0.3) is 0 Å². The molecule has 0 saturated heterocycles. The molecule has 2 rings (SSSR count). The molecule has 0 aliphatic carbocycles. The third-order valence-electron chi connectivity index (χ3n) is 3.32. The third-order valence-corrected chi connectivity index (χ3v) is 3.32. The first-order chi connectivity index (χ1) is 8.52. The van der Waals surface area contributed by atoms with Crippen LogP contribution in [-0.2, 0) is 13.5 Å². The Balaban J connectivity index is 2.00. The molecule has 0 bridgehead atoms. The number of nitrogens with one attached hydrogen (secondary N) is 1. The van der Waals surface area contributed by atoms with Crippen LogP contribution in [0.2, 0.25) is 0 Å². The number of benzene rings is 1. The van der Waals surface area contributed by atoms with E-state index in [1.807, 2.05) is 17.9 Å². The Morgan fingerprint density at radius 3 is 2.89 bits per heavy atom. The molecule has 4 nitrogen and oxygen atoms in total. The van der Waals surface area contributed by atoms with Gasteiger partial charge in [-0.3, -0.25) is 0 Å². The second kappa shape index (κ2) is 5.08. The van der Waals surface area contributed by atoms with Gasteiger partial charge in [-0.05, 0) is 44.5 Å². The number of nitrogens with zero attached hydrogens (tertiary/aromatic N) is 2. The summed E-state index contributed by atoms with van der Waals surface area (Å²) in [6.45, 7) is 5.82. The van der Waals surface area contributed by atoms with Gasteiger partial charge in [-0.1, -0.05) is 6.07 Å². The van der Waals surface area contributed by atoms with Gasteiger partial charge in [0.05, 0.1) is 17.4 Å². The molecule has 18 heavy (non-hydrogen) atoms. The first-order valence-corrected chi connectivity index (χ1v) is 6.37. The molecule has 0 aliphatic rings. The van der Waals surface area contributed by atoms with Crippen LogP contribution in [0.1, 0.15) is 19.4 Å². The standard InChI is InChI=1S/C14H22N4/c1-14(2,9-15)17-7-6-11-4-5-13-12(8-11)16-10-18(13)3/h4-5,8,10,17H,6-7,9,15H2,1-3H3. The maximum absolute atomic E-state index is 5.69. The molecule has 0 radical (unpaired) electrons. The molecule has 0 unspecified atom stereocenters. The second-order valence-corrected chi connectivity index (χ2v) is 5.44. The highest BCUT2D eigenvalue weighted by molar-refractivity contribution is 5.75. The topological polar surface area (TPSA) is 55.9 Å². The highest BCUT2D eigenvalue weighted by Gasteiger charge is 2.13. The number of imidazole rings is 1. The van der Waals surface area contributed by atoms with Gasteiger partial charge in [-0.15, -0.1) is 0 Å². The molecule has 1 heterocycles. The molecule has 0 amide bonds. The molecule has 98 valence electrons. The van der Waals surface area contributed by atoms with Gasteiger partial charge in [0.15, 0.2) is 0 Å². The molecular formula is C14H22N4. The summed E-state index contributed by atoms with van der Waals surface area (Å²) < 4.78 is 2.04. The van der Waals surface area contributed by atoms with Crippen LogP contribution in [0.4, 0.5) is 0 Å². The third kappa shape index (κ3) is 2.89. The molecule has 4 heteroatoms. The lowest BCUT2D eigenvalue weighted by Gasteiger charge is -2.24. The summed E-state index contributed by atoms with van der Waals surface area (Å²) in [5.41, 5.74) is 9.24. The fourth-order valence-electron chi connectivity index (χ4n) is 1.95. The van der Waals surface area contributed by atoms with E-state index in [0.717, 1.165) is 18.5 Å². The SMILES string of the molecule is Cn1cnc2cc(CCNC(C)(C)CN)ccc21. The summed E-state index contributed by atoms with van der Waals surface area (Å²) >= 11 is 0. The smallest absolute Gasteiger partial charge is 0.0955 e. The predicted molar refractivity (Wildman–Crippen MR) is 75.6 cm³/mol. The number of fused-ring (bicyclic) bond motifs is 1. The normalized spacial score (nSPS) is 12.2. The first-order valence-electron chi connectivity index (χ1n) is 6.37. The first kappa shape index (κ1) is 13.1. The second-order valence-electron chi connectivity index (χ2n) is 5.44. The number of hydrogen-bond donors (Lipinski definition) is 2. The van der Waals surface area contributed by atoms with E-state index in [0.29, 0.717) is 6.54 Å². The molecule has 0 atom stereocenters. The van der Waals surface area contributed by atoms with Gasteiger partial charge in [-0.25, -0.2) is 4.98 Å². The van der Waals surface area contributed by atoms with Gasteiger partial charge >= 0.3 is 0 Å². The number of hydrogen-bond acceptors (Lipinski definition) is 3. The van der Waals surface area contributed by atoms with E-state index in [9.17, 15) is 0 Å². The van der Waals surface area contributed by atoms with Crippen molar-refractivity contribution in [3.63, 3.8) is 0 Å². The Bertz CT molecular complexity index is 528. The maximum Gasteiger partial charge on any atom is 0.0955 e. The van der Waals surface area contributed by atoms with Crippen LogP contribution in [0.3, 0.4) is 0 Å². The Morgan fingerprint density at radius 2 is 2.17 bits per heavy atom. The van der Waals surface area contributed by atoms with Crippen molar-refractivity contribution in [1.29, 1.82) is 0 Å². The Hall–Kier alpha value is -1.39. The number of nitrogens with two attached hydrogens (primary N) is 1. The van der Waals surface area contributed by atoms with E-state index in [1.165, 1.54) is 11.1 Å². The molecule has 0 spiro atoms. The maximum atomic E-state index is 5.69. The van der Waals surface area contributed by atoms with Crippen molar-refractivity contribution in [2.75, 3.05) is 13.1 Å². The summed E-state index contributed by atoms with van der Waals surface area (Å²) in [7, 11) is 2.01. The van der Waals surface area contributed by atoms with Crippen molar-refractivity contribution in [3.05, 3.63) is 30.1 Å². The van der Waals surface area contributed by atoms with Crippen LogP contribution in [0, 0.1) is 0 Å². The van der Waals surface area contributed by atoms with Crippen molar-refractivity contribution in [3.8, 4) is 0 Å². The molecule has 1 aromatic heterocycles. The highest BCUT2D eigenvalue weighted by atomic mass is 15.0. The predicted octanol–water partition coefficient (Wildman–Crippen LogP) is 1.44. The van der Waals surface area contributed by atoms with Gasteiger partial charge in [-0.2, -0.15) is 0 Å². The van der Waals surface area contributed by atoms with E-state index >= 15 is 0 Å². The highest BCUT2D eigenvalue weighted by Crippen LogP contribution is 2.14. The summed E-state index contributed by atoms with van der Waals surface area (Å²) in [6, 6.07) is 6.46. The molecule has 2 aromatic rings. The number of aromatic nitrogens is 2. The lowest BCUT2D eigenvalue weighted by molar-refractivity contribution is 0.402. The lowest BCUT2D eigenvalue weighted by atomic mass is 10.1. The Labute approximate surface area is 108 Å². The van der Waals surface area contributed by atoms with Crippen molar-refractivity contribution in [2.45, 2.75) is 25.8 Å². The zero-order valence-corrected chi connectivity index (χ0v) is 11.4. The van der Waals surface area contributed by atoms with Gasteiger partial charge in [0.2, 0.25) is 0 Å². The zero-order chi connectivity index (χ0) is 13.2. The molecule has 1 aromatic carbocycles. The van der Waals surface area contributed by atoms with E-state index in [2.05, 4.69) is 42.3 Å².